The molecular formula is C20H23BrClN3O3S. The lowest BCUT2D eigenvalue weighted by Crippen LogP contribution is -2.51. The molecule has 0 bridgehead atoms. The molecule has 0 saturated carbocycles. The molecular weight excluding hydrogens is 478 g/mol. The second-order valence-corrected chi connectivity index (χ2v) is 10.4. The maximum absolute atomic E-state index is 12.7. The molecule has 0 spiro atoms. The average molecular weight is 501 g/mol. The SMILES string of the molecule is Cc1ccc(Cl)cc1N1CCN(C(=O)CN(C)S(=O)(=O)c2ccc(Br)cc2)CC1. The first-order valence-electron chi connectivity index (χ1n) is 9.19. The number of amides is 1. The van der Waals surface area contributed by atoms with E-state index in [0.717, 1.165) is 20.0 Å². The van der Waals surface area contributed by atoms with Gasteiger partial charge in [-0.1, -0.05) is 33.6 Å². The van der Waals surface area contributed by atoms with Gasteiger partial charge in [0.25, 0.3) is 0 Å². The fourth-order valence-corrected chi connectivity index (χ4v) is 4.83. The zero-order valence-corrected chi connectivity index (χ0v) is 19.5. The summed E-state index contributed by atoms with van der Waals surface area (Å²) in [6.07, 6.45) is 0. The van der Waals surface area contributed by atoms with Crippen molar-refractivity contribution in [3.8, 4) is 0 Å². The van der Waals surface area contributed by atoms with Crippen molar-refractivity contribution in [3.63, 3.8) is 0 Å². The molecule has 0 unspecified atom stereocenters. The van der Waals surface area contributed by atoms with E-state index in [4.69, 9.17) is 11.6 Å². The van der Waals surface area contributed by atoms with E-state index in [9.17, 15) is 13.2 Å². The lowest BCUT2D eigenvalue weighted by Gasteiger charge is -2.37. The molecule has 6 nitrogen and oxygen atoms in total. The van der Waals surface area contributed by atoms with Crippen LogP contribution in [0.25, 0.3) is 0 Å². The molecule has 0 atom stereocenters. The maximum atomic E-state index is 12.7. The first-order valence-corrected chi connectivity index (χ1v) is 11.8. The number of likely N-dealkylation sites (N-methyl/N-ethyl adjacent to an activating group) is 1. The number of piperazine rings is 1. The molecule has 0 radical (unpaired) electrons. The Labute approximate surface area is 185 Å². The van der Waals surface area contributed by atoms with Gasteiger partial charge in [0.1, 0.15) is 0 Å². The number of benzene rings is 2. The summed E-state index contributed by atoms with van der Waals surface area (Å²) in [5, 5.41) is 0.684. The number of carbonyl (C=O) groups excluding carboxylic acids is 1. The fourth-order valence-electron chi connectivity index (χ4n) is 3.28. The van der Waals surface area contributed by atoms with Crippen LogP contribution in [-0.4, -0.2) is 63.3 Å². The van der Waals surface area contributed by atoms with Gasteiger partial charge in [-0.2, -0.15) is 4.31 Å². The second kappa shape index (κ2) is 9.04. The van der Waals surface area contributed by atoms with E-state index in [1.807, 2.05) is 25.1 Å². The van der Waals surface area contributed by atoms with E-state index in [1.165, 1.54) is 19.2 Å². The van der Waals surface area contributed by atoms with Crippen LogP contribution in [0.15, 0.2) is 51.8 Å². The van der Waals surface area contributed by atoms with Crippen LogP contribution >= 0.6 is 27.5 Å². The number of nitrogens with zero attached hydrogens (tertiary/aromatic N) is 3. The van der Waals surface area contributed by atoms with E-state index in [1.54, 1.807) is 17.0 Å². The summed E-state index contributed by atoms with van der Waals surface area (Å²) in [7, 11) is -2.28. The number of hydrogen-bond acceptors (Lipinski definition) is 4. The van der Waals surface area contributed by atoms with Crippen LogP contribution in [-0.2, 0) is 14.8 Å². The third kappa shape index (κ3) is 5.12. The lowest BCUT2D eigenvalue weighted by atomic mass is 10.1. The molecule has 1 heterocycles. The topological polar surface area (TPSA) is 60.9 Å². The number of carbonyl (C=O) groups is 1. The molecule has 1 aliphatic rings. The maximum Gasteiger partial charge on any atom is 0.243 e. The number of halogens is 2. The van der Waals surface area contributed by atoms with Gasteiger partial charge in [0, 0.05) is 48.4 Å². The Kier molecular flexibility index (Phi) is 6.88. The molecule has 2 aromatic rings. The van der Waals surface area contributed by atoms with Crippen LogP contribution in [0.2, 0.25) is 5.02 Å². The summed E-state index contributed by atoms with van der Waals surface area (Å²) in [5.41, 5.74) is 2.20. The predicted octanol–water partition coefficient (Wildman–Crippen LogP) is 3.38. The first kappa shape index (κ1) is 22.1. The highest BCUT2D eigenvalue weighted by Gasteiger charge is 2.27. The minimum atomic E-state index is -3.71. The van der Waals surface area contributed by atoms with E-state index in [0.29, 0.717) is 31.2 Å². The number of hydrogen-bond donors (Lipinski definition) is 0. The van der Waals surface area contributed by atoms with E-state index in [2.05, 4.69) is 20.8 Å². The lowest BCUT2D eigenvalue weighted by molar-refractivity contribution is -0.131. The van der Waals surface area contributed by atoms with E-state index in [-0.39, 0.29) is 17.3 Å². The smallest absolute Gasteiger partial charge is 0.243 e. The normalized spacial score (nSPS) is 15.1. The highest BCUT2D eigenvalue weighted by molar-refractivity contribution is 9.10. The van der Waals surface area contributed by atoms with Crippen LogP contribution in [0, 0.1) is 6.92 Å². The molecule has 0 aliphatic carbocycles. The van der Waals surface area contributed by atoms with Gasteiger partial charge in [0.15, 0.2) is 0 Å². The van der Waals surface area contributed by atoms with Crippen molar-refractivity contribution >= 4 is 49.1 Å². The molecule has 0 aromatic heterocycles. The molecule has 1 fully saturated rings. The van der Waals surface area contributed by atoms with Crippen molar-refractivity contribution in [2.45, 2.75) is 11.8 Å². The zero-order chi connectivity index (χ0) is 21.2. The van der Waals surface area contributed by atoms with Crippen LogP contribution < -0.4 is 4.90 Å². The van der Waals surface area contributed by atoms with Crippen LogP contribution in [0.4, 0.5) is 5.69 Å². The zero-order valence-electron chi connectivity index (χ0n) is 16.3. The fraction of sp³-hybridized carbons (Fsp3) is 0.350. The van der Waals surface area contributed by atoms with Gasteiger partial charge in [-0.25, -0.2) is 8.42 Å². The van der Waals surface area contributed by atoms with Crippen molar-refractivity contribution < 1.29 is 13.2 Å². The molecule has 156 valence electrons. The van der Waals surface area contributed by atoms with E-state index < -0.39 is 10.0 Å². The Morgan fingerprint density at radius 2 is 1.72 bits per heavy atom. The van der Waals surface area contributed by atoms with Gasteiger partial charge in [-0.3, -0.25) is 4.79 Å². The molecule has 1 aliphatic heterocycles. The highest BCUT2D eigenvalue weighted by atomic mass is 79.9. The number of rotatable bonds is 5. The minimum absolute atomic E-state index is 0.164. The summed E-state index contributed by atoms with van der Waals surface area (Å²) in [6, 6.07) is 12.2. The molecule has 1 amide bonds. The minimum Gasteiger partial charge on any atom is -0.368 e. The van der Waals surface area contributed by atoms with Gasteiger partial charge >= 0.3 is 0 Å². The number of aryl methyl sites for hydroxylation is 1. The van der Waals surface area contributed by atoms with Gasteiger partial charge in [-0.05, 0) is 48.9 Å². The molecule has 1 saturated heterocycles. The van der Waals surface area contributed by atoms with Gasteiger partial charge in [0.2, 0.25) is 15.9 Å². The third-order valence-corrected chi connectivity index (χ3v) is 7.61. The van der Waals surface area contributed by atoms with Crippen molar-refractivity contribution in [1.29, 1.82) is 0 Å². The summed E-state index contributed by atoms with van der Waals surface area (Å²) >= 11 is 9.41. The third-order valence-electron chi connectivity index (χ3n) is 5.02. The van der Waals surface area contributed by atoms with Crippen LogP contribution in [0.5, 0.6) is 0 Å². The van der Waals surface area contributed by atoms with Crippen molar-refractivity contribution in [2.24, 2.45) is 0 Å². The largest absolute Gasteiger partial charge is 0.368 e. The number of anilines is 1. The number of sulfonamides is 1. The van der Waals surface area contributed by atoms with Gasteiger partial charge in [0.05, 0.1) is 11.4 Å². The van der Waals surface area contributed by atoms with Crippen molar-refractivity contribution in [1.82, 2.24) is 9.21 Å². The van der Waals surface area contributed by atoms with Crippen molar-refractivity contribution in [3.05, 3.63) is 57.5 Å². The quantitative estimate of drug-likeness (QED) is 0.631. The Morgan fingerprint density at radius 1 is 1.10 bits per heavy atom. The Morgan fingerprint density at radius 3 is 2.34 bits per heavy atom. The Bertz CT molecular complexity index is 991. The average Bonchev–Trinajstić information content (AvgIpc) is 2.70. The van der Waals surface area contributed by atoms with E-state index >= 15 is 0 Å². The summed E-state index contributed by atoms with van der Waals surface area (Å²) in [4.78, 5) is 16.8. The molecule has 3 rings (SSSR count). The summed E-state index contributed by atoms with van der Waals surface area (Å²) < 4.78 is 27.3. The van der Waals surface area contributed by atoms with Crippen molar-refractivity contribution in [2.75, 3.05) is 44.7 Å². The standard InChI is InChI=1S/C20H23BrClN3O3S/c1-15-3-6-17(22)13-19(15)24-9-11-25(12-10-24)20(26)14-23(2)29(27,28)18-7-4-16(21)5-8-18/h3-8,13H,9-12,14H2,1-2H3. The van der Waals surface area contributed by atoms with Crippen LogP contribution in [0.3, 0.4) is 0 Å². The first-order chi connectivity index (χ1) is 13.7. The Balaban J connectivity index is 1.60. The highest BCUT2D eigenvalue weighted by Crippen LogP contribution is 2.25. The van der Waals surface area contributed by atoms with Crippen LogP contribution in [0.1, 0.15) is 5.56 Å². The van der Waals surface area contributed by atoms with Gasteiger partial charge in [-0.15, -0.1) is 0 Å². The molecule has 29 heavy (non-hydrogen) atoms. The summed E-state index contributed by atoms with van der Waals surface area (Å²) in [6.45, 7) is 4.28. The molecule has 0 N–H and O–H groups in total. The predicted molar refractivity (Wildman–Crippen MR) is 119 cm³/mol. The summed E-state index contributed by atoms with van der Waals surface area (Å²) in [5.74, 6) is -0.198. The molecule has 2 aromatic carbocycles. The van der Waals surface area contributed by atoms with Gasteiger partial charge < -0.3 is 9.80 Å². The second-order valence-electron chi connectivity index (χ2n) is 7.01. The molecule has 9 heteroatoms. The Hall–Kier alpha value is -1.61. The monoisotopic (exact) mass is 499 g/mol.